The van der Waals surface area contributed by atoms with Crippen molar-refractivity contribution in [2.24, 2.45) is 10.9 Å². The predicted octanol–water partition coefficient (Wildman–Crippen LogP) is 2.45. The monoisotopic (exact) mass is 345 g/mol. The molecule has 5 nitrogen and oxygen atoms in total. The maximum Gasteiger partial charge on any atom is 0.254 e. The highest BCUT2D eigenvalue weighted by Gasteiger charge is 2.32. The lowest BCUT2D eigenvalue weighted by Gasteiger charge is -2.23. The van der Waals surface area contributed by atoms with Gasteiger partial charge >= 0.3 is 0 Å². The summed E-state index contributed by atoms with van der Waals surface area (Å²) < 4.78 is 0.736. The number of nitrogens with two attached hydrogens (primary N) is 1. The Morgan fingerprint density at radius 1 is 1.58 bits per heavy atom. The Morgan fingerprint density at radius 3 is 2.95 bits per heavy atom. The number of benzene rings is 1. The van der Waals surface area contributed by atoms with Gasteiger partial charge in [-0.1, -0.05) is 16.8 Å². The highest BCUT2D eigenvalue weighted by atomic mass is 79.9. The molecule has 1 aliphatic rings. The SMILES string of the molecule is N/C(=N/O)C1CCCN1C(=O)c1ccc(Br)c(Cl)c1. The van der Waals surface area contributed by atoms with Crippen LogP contribution in [0.1, 0.15) is 23.2 Å². The molecular formula is C12H13BrClN3O2. The second-order valence-electron chi connectivity index (χ2n) is 4.31. The molecule has 0 saturated carbocycles. The zero-order valence-corrected chi connectivity index (χ0v) is 12.4. The fourth-order valence-corrected chi connectivity index (χ4v) is 2.61. The van der Waals surface area contributed by atoms with Crippen molar-refractivity contribution in [3.63, 3.8) is 0 Å². The van der Waals surface area contributed by atoms with Crippen molar-refractivity contribution in [1.82, 2.24) is 4.90 Å². The Hall–Kier alpha value is -1.27. The smallest absolute Gasteiger partial charge is 0.254 e. The molecule has 7 heteroatoms. The molecule has 102 valence electrons. The van der Waals surface area contributed by atoms with Crippen molar-refractivity contribution in [2.75, 3.05) is 6.54 Å². The molecule has 0 bridgehead atoms. The first kappa shape index (κ1) is 14.1. The van der Waals surface area contributed by atoms with Crippen molar-refractivity contribution in [3.8, 4) is 0 Å². The average Bonchev–Trinajstić information content (AvgIpc) is 2.89. The fraction of sp³-hybridized carbons (Fsp3) is 0.333. The Morgan fingerprint density at radius 2 is 2.32 bits per heavy atom. The van der Waals surface area contributed by atoms with E-state index in [0.717, 1.165) is 10.9 Å². The van der Waals surface area contributed by atoms with Crippen LogP contribution in [-0.2, 0) is 0 Å². The second-order valence-corrected chi connectivity index (χ2v) is 5.57. The summed E-state index contributed by atoms with van der Waals surface area (Å²) in [4.78, 5) is 14.0. The van der Waals surface area contributed by atoms with Crippen molar-refractivity contribution >= 4 is 39.3 Å². The number of oxime groups is 1. The Labute approximate surface area is 124 Å². The molecule has 0 aromatic heterocycles. The molecule has 2 rings (SSSR count). The van der Waals surface area contributed by atoms with E-state index in [1.807, 2.05) is 0 Å². The number of carbonyl (C=O) groups is 1. The average molecular weight is 347 g/mol. The molecule has 0 aliphatic carbocycles. The third kappa shape index (κ3) is 2.84. The standard InChI is InChI=1S/C12H13BrClN3O2/c13-8-4-3-7(6-9(8)14)12(18)17-5-1-2-10(17)11(15)16-19/h3-4,6,10,19H,1-2,5H2,(H2,15,16). The van der Waals surface area contributed by atoms with E-state index in [4.69, 9.17) is 22.5 Å². The molecule has 1 aromatic carbocycles. The molecule has 1 unspecified atom stereocenters. The molecule has 3 N–H and O–H groups in total. The van der Waals surface area contributed by atoms with E-state index < -0.39 is 0 Å². The summed E-state index contributed by atoms with van der Waals surface area (Å²) in [6.07, 6.45) is 1.53. The van der Waals surface area contributed by atoms with Crippen LogP contribution in [0, 0.1) is 0 Å². The molecule has 1 saturated heterocycles. The van der Waals surface area contributed by atoms with Crippen LogP contribution in [-0.4, -0.2) is 34.4 Å². The predicted molar refractivity (Wildman–Crippen MR) is 76.6 cm³/mol. The van der Waals surface area contributed by atoms with E-state index in [0.29, 0.717) is 23.6 Å². The minimum Gasteiger partial charge on any atom is -0.409 e. The van der Waals surface area contributed by atoms with Gasteiger partial charge in [0.15, 0.2) is 5.84 Å². The molecule has 1 heterocycles. The van der Waals surface area contributed by atoms with Crippen LogP contribution in [0.5, 0.6) is 0 Å². The van der Waals surface area contributed by atoms with E-state index in [1.54, 1.807) is 23.1 Å². The van der Waals surface area contributed by atoms with Crippen LogP contribution in [0.25, 0.3) is 0 Å². The number of carbonyl (C=O) groups excluding carboxylic acids is 1. The number of amides is 1. The second kappa shape index (κ2) is 5.79. The normalized spacial score (nSPS) is 19.8. The summed E-state index contributed by atoms with van der Waals surface area (Å²) in [6, 6.07) is 4.68. The first-order valence-corrected chi connectivity index (χ1v) is 6.95. The molecule has 1 aliphatic heterocycles. The zero-order valence-electron chi connectivity index (χ0n) is 10.0. The highest BCUT2D eigenvalue weighted by molar-refractivity contribution is 9.10. The van der Waals surface area contributed by atoms with Crippen molar-refractivity contribution in [2.45, 2.75) is 18.9 Å². The molecule has 19 heavy (non-hydrogen) atoms. The maximum absolute atomic E-state index is 12.4. The fourth-order valence-electron chi connectivity index (χ4n) is 2.18. The Balaban J connectivity index is 2.25. The number of hydrogen-bond donors (Lipinski definition) is 2. The van der Waals surface area contributed by atoms with Gasteiger partial charge in [0.05, 0.1) is 11.1 Å². The number of likely N-dealkylation sites (tertiary alicyclic amines) is 1. The largest absolute Gasteiger partial charge is 0.409 e. The van der Waals surface area contributed by atoms with Crippen LogP contribution in [0.3, 0.4) is 0 Å². The lowest BCUT2D eigenvalue weighted by Crippen LogP contribution is -2.43. The summed E-state index contributed by atoms with van der Waals surface area (Å²) in [5.74, 6) is -0.0995. The van der Waals surface area contributed by atoms with Crippen LogP contribution in [0.2, 0.25) is 5.02 Å². The van der Waals surface area contributed by atoms with Crippen LogP contribution < -0.4 is 5.73 Å². The Kier molecular flexibility index (Phi) is 4.31. The number of rotatable bonds is 2. The summed E-state index contributed by atoms with van der Waals surface area (Å²) in [5.41, 5.74) is 6.10. The third-order valence-corrected chi connectivity index (χ3v) is 4.37. The molecular weight excluding hydrogens is 334 g/mol. The lowest BCUT2D eigenvalue weighted by atomic mass is 10.1. The van der Waals surface area contributed by atoms with Gasteiger partial charge in [-0.3, -0.25) is 4.79 Å². The number of hydrogen-bond acceptors (Lipinski definition) is 3. The van der Waals surface area contributed by atoms with E-state index in [9.17, 15) is 4.79 Å². The van der Waals surface area contributed by atoms with E-state index >= 15 is 0 Å². The van der Waals surface area contributed by atoms with Crippen molar-refractivity contribution in [1.29, 1.82) is 0 Å². The first-order chi connectivity index (χ1) is 9.04. The molecule has 1 atom stereocenters. The molecule has 1 fully saturated rings. The van der Waals surface area contributed by atoms with E-state index in [1.165, 1.54) is 0 Å². The van der Waals surface area contributed by atoms with Crippen molar-refractivity contribution in [3.05, 3.63) is 33.3 Å². The lowest BCUT2D eigenvalue weighted by molar-refractivity contribution is 0.0768. The van der Waals surface area contributed by atoms with Gasteiger partial charge in [-0.2, -0.15) is 0 Å². The first-order valence-electron chi connectivity index (χ1n) is 5.78. The minimum atomic E-state index is -0.347. The van der Waals surface area contributed by atoms with Crippen LogP contribution in [0.4, 0.5) is 0 Å². The van der Waals surface area contributed by atoms with Crippen LogP contribution in [0.15, 0.2) is 27.8 Å². The van der Waals surface area contributed by atoms with Crippen molar-refractivity contribution < 1.29 is 10.0 Å². The highest BCUT2D eigenvalue weighted by Crippen LogP contribution is 2.26. The zero-order chi connectivity index (χ0) is 14.0. The quantitative estimate of drug-likeness (QED) is 0.374. The number of halogens is 2. The minimum absolute atomic E-state index is 0.0639. The van der Waals surface area contributed by atoms with Gasteiger partial charge in [-0.15, -0.1) is 0 Å². The molecule has 1 amide bonds. The number of nitrogens with zero attached hydrogens (tertiary/aromatic N) is 2. The summed E-state index contributed by atoms with van der Waals surface area (Å²) in [6.45, 7) is 0.591. The van der Waals surface area contributed by atoms with E-state index in [-0.39, 0.29) is 17.8 Å². The summed E-state index contributed by atoms with van der Waals surface area (Å²) >= 11 is 9.26. The Bertz CT molecular complexity index is 536. The molecule has 1 aromatic rings. The summed E-state index contributed by atoms with van der Waals surface area (Å²) in [7, 11) is 0. The van der Waals surface area contributed by atoms with Gasteiger partial charge in [0.25, 0.3) is 5.91 Å². The molecule has 0 spiro atoms. The van der Waals surface area contributed by atoms with Gasteiger partial charge in [0.2, 0.25) is 0 Å². The van der Waals surface area contributed by atoms with Gasteiger partial charge in [-0.25, -0.2) is 0 Å². The van der Waals surface area contributed by atoms with Gasteiger partial charge in [-0.05, 0) is 47.0 Å². The van der Waals surface area contributed by atoms with Gasteiger partial charge in [0.1, 0.15) is 0 Å². The van der Waals surface area contributed by atoms with Crippen LogP contribution >= 0.6 is 27.5 Å². The third-order valence-electron chi connectivity index (χ3n) is 3.14. The maximum atomic E-state index is 12.4. The van der Waals surface area contributed by atoms with Gasteiger partial charge in [0, 0.05) is 16.6 Å². The van der Waals surface area contributed by atoms with Gasteiger partial charge < -0.3 is 15.8 Å². The number of amidine groups is 1. The molecule has 0 radical (unpaired) electrons. The van der Waals surface area contributed by atoms with E-state index in [2.05, 4.69) is 21.1 Å². The topological polar surface area (TPSA) is 78.9 Å². The summed E-state index contributed by atoms with van der Waals surface area (Å²) in [5, 5.41) is 12.2.